The fraction of sp³-hybridized carbons (Fsp3) is 0.250. The van der Waals surface area contributed by atoms with Gasteiger partial charge in [0.15, 0.2) is 0 Å². The Labute approximate surface area is 177 Å². The standard InChI is InChI=1S/C20H15F6N3O3/c1-31-29(16(30)10-12-4-8-15(9-5-12)19(21,22)23)11-13-2-6-14(7-3-13)17-27-18(32-28-17)20(24,25)26/h2-9H,10-11H2,1H3. The first-order chi connectivity index (χ1) is 15.0. The van der Waals surface area contributed by atoms with Crippen LogP contribution >= 0.6 is 0 Å². The molecule has 2 aromatic carbocycles. The zero-order valence-electron chi connectivity index (χ0n) is 16.4. The summed E-state index contributed by atoms with van der Waals surface area (Å²) in [5.41, 5.74) is 0.406. The molecule has 0 saturated carbocycles. The molecule has 0 aliphatic heterocycles. The van der Waals surface area contributed by atoms with Gasteiger partial charge in [-0.15, -0.1) is 0 Å². The van der Waals surface area contributed by atoms with E-state index in [1.54, 1.807) is 0 Å². The number of nitrogens with zero attached hydrogens (tertiary/aromatic N) is 3. The molecule has 3 rings (SSSR count). The molecule has 0 aliphatic carbocycles. The molecule has 0 bridgehead atoms. The minimum Gasteiger partial charge on any atom is -0.329 e. The van der Waals surface area contributed by atoms with Crippen molar-refractivity contribution in [2.75, 3.05) is 7.11 Å². The number of carbonyl (C=O) groups is 1. The average Bonchev–Trinajstić information content (AvgIpc) is 3.23. The second-order valence-corrected chi connectivity index (χ2v) is 6.60. The Kier molecular flexibility index (Phi) is 6.53. The Morgan fingerprint density at radius 2 is 1.53 bits per heavy atom. The molecule has 0 N–H and O–H groups in total. The Morgan fingerprint density at radius 1 is 0.938 bits per heavy atom. The fourth-order valence-corrected chi connectivity index (χ4v) is 2.71. The fourth-order valence-electron chi connectivity index (χ4n) is 2.71. The highest BCUT2D eigenvalue weighted by Crippen LogP contribution is 2.30. The second kappa shape index (κ2) is 8.99. The smallest absolute Gasteiger partial charge is 0.329 e. The summed E-state index contributed by atoms with van der Waals surface area (Å²) in [6.45, 7) is -0.00368. The van der Waals surface area contributed by atoms with Crippen molar-refractivity contribution in [3.63, 3.8) is 0 Å². The number of aromatic nitrogens is 2. The van der Waals surface area contributed by atoms with Crippen molar-refractivity contribution in [3.05, 3.63) is 71.1 Å². The maximum atomic E-state index is 12.6. The van der Waals surface area contributed by atoms with E-state index in [4.69, 9.17) is 4.84 Å². The minimum atomic E-state index is -4.75. The molecule has 0 unspecified atom stereocenters. The monoisotopic (exact) mass is 459 g/mol. The molecule has 0 saturated heterocycles. The van der Waals surface area contributed by atoms with E-state index in [2.05, 4.69) is 14.7 Å². The Bertz CT molecular complexity index is 1060. The molecular weight excluding hydrogens is 444 g/mol. The van der Waals surface area contributed by atoms with Gasteiger partial charge >= 0.3 is 18.2 Å². The molecular formula is C20H15F6N3O3. The van der Waals surface area contributed by atoms with Crippen molar-refractivity contribution in [2.24, 2.45) is 0 Å². The summed E-state index contributed by atoms with van der Waals surface area (Å²) in [6, 6.07) is 10.2. The van der Waals surface area contributed by atoms with Gasteiger partial charge in [0.25, 0.3) is 5.91 Å². The zero-order valence-corrected chi connectivity index (χ0v) is 16.4. The molecule has 0 atom stereocenters. The van der Waals surface area contributed by atoms with Gasteiger partial charge in [0, 0.05) is 5.56 Å². The largest absolute Gasteiger partial charge is 0.471 e. The number of hydrogen-bond donors (Lipinski definition) is 0. The quantitative estimate of drug-likeness (QED) is 0.387. The Morgan fingerprint density at radius 3 is 2.03 bits per heavy atom. The number of hydrogen-bond acceptors (Lipinski definition) is 5. The van der Waals surface area contributed by atoms with Crippen LogP contribution in [0.1, 0.15) is 22.6 Å². The summed E-state index contributed by atoms with van der Waals surface area (Å²) in [7, 11) is 1.26. The summed E-state index contributed by atoms with van der Waals surface area (Å²) in [6.07, 6.45) is -9.41. The molecule has 6 nitrogen and oxygen atoms in total. The van der Waals surface area contributed by atoms with Crippen LogP contribution in [0.2, 0.25) is 0 Å². The highest BCUT2D eigenvalue weighted by atomic mass is 19.4. The predicted molar refractivity (Wildman–Crippen MR) is 97.4 cm³/mol. The van der Waals surface area contributed by atoms with Gasteiger partial charge < -0.3 is 4.52 Å². The lowest BCUT2D eigenvalue weighted by Crippen LogP contribution is -2.30. The molecule has 3 aromatic rings. The van der Waals surface area contributed by atoms with Crippen LogP contribution in [0.3, 0.4) is 0 Å². The van der Waals surface area contributed by atoms with Crippen LogP contribution in [0.5, 0.6) is 0 Å². The maximum Gasteiger partial charge on any atom is 0.471 e. The highest BCUT2D eigenvalue weighted by molar-refractivity contribution is 5.77. The molecule has 0 aliphatic rings. The van der Waals surface area contributed by atoms with Gasteiger partial charge in [-0.3, -0.25) is 9.63 Å². The van der Waals surface area contributed by atoms with Crippen LogP contribution in [-0.4, -0.2) is 28.2 Å². The zero-order chi connectivity index (χ0) is 23.5. The van der Waals surface area contributed by atoms with E-state index in [9.17, 15) is 31.1 Å². The van der Waals surface area contributed by atoms with E-state index in [1.165, 1.54) is 43.5 Å². The lowest BCUT2D eigenvalue weighted by molar-refractivity contribution is -0.178. The first kappa shape index (κ1) is 23.3. The molecule has 32 heavy (non-hydrogen) atoms. The van der Waals surface area contributed by atoms with Crippen LogP contribution in [0.25, 0.3) is 11.4 Å². The van der Waals surface area contributed by atoms with E-state index in [-0.39, 0.29) is 24.4 Å². The summed E-state index contributed by atoms with van der Waals surface area (Å²) >= 11 is 0. The average molecular weight is 459 g/mol. The van der Waals surface area contributed by atoms with Crippen molar-refractivity contribution < 1.29 is 40.5 Å². The Hall–Kier alpha value is -3.41. The van der Waals surface area contributed by atoms with Crippen molar-refractivity contribution in [1.29, 1.82) is 0 Å². The van der Waals surface area contributed by atoms with E-state index in [0.29, 0.717) is 11.1 Å². The van der Waals surface area contributed by atoms with Gasteiger partial charge in [-0.05, 0) is 23.3 Å². The van der Waals surface area contributed by atoms with Crippen LogP contribution in [-0.2, 0) is 35.0 Å². The third-order valence-corrected chi connectivity index (χ3v) is 4.34. The molecule has 1 heterocycles. The summed E-state index contributed by atoms with van der Waals surface area (Å²) in [5.74, 6) is -2.20. The lowest BCUT2D eigenvalue weighted by atomic mass is 10.1. The second-order valence-electron chi connectivity index (χ2n) is 6.60. The van der Waals surface area contributed by atoms with Crippen LogP contribution in [0.15, 0.2) is 53.1 Å². The molecule has 0 spiro atoms. The number of benzene rings is 2. The number of rotatable bonds is 6. The summed E-state index contributed by atoms with van der Waals surface area (Å²) in [4.78, 5) is 20.8. The summed E-state index contributed by atoms with van der Waals surface area (Å²) < 4.78 is 79.8. The first-order valence-corrected chi connectivity index (χ1v) is 8.98. The highest BCUT2D eigenvalue weighted by Gasteiger charge is 2.38. The number of halogens is 6. The lowest BCUT2D eigenvalue weighted by Gasteiger charge is -2.20. The summed E-state index contributed by atoms with van der Waals surface area (Å²) in [5, 5.41) is 4.31. The number of carbonyl (C=O) groups excluding carboxylic acids is 1. The number of hydroxylamine groups is 2. The molecule has 170 valence electrons. The minimum absolute atomic E-state index is 0.00368. The molecule has 0 radical (unpaired) electrons. The van der Waals surface area contributed by atoms with E-state index in [0.717, 1.165) is 17.2 Å². The van der Waals surface area contributed by atoms with E-state index < -0.39 is 29.7 Å². The molecule has 1 amide bonds. The maximum absolute atomic E-state index is 12.6. The van der Waals surface area contributed by atoms with Gasteiger partial charge in [-0.1, -0.05) is 41.6 Å². The molecule has 1 aromatic heterocycles. The van der Waals surface area contributed by atoms with Gasteiger partial charge in [-0.2, -0.15) is 31.3 Å². The number of amides is 1. The topological polar surface area (TPSA) is 68.5 Å². The molecule has 0 fully saturated rings. The first-order valence-electron chi connectivity index (χ1n) is 8.98. The van der Waals surface area contributed by atoms with E-state index in [1.807, 2.05) is 0 Å². The van der Waals surface area contributed by atoms with Gasteiger partial charge in [0.2, 0.25) is 5.82 Å². The SMILES string of the molecule is CON(Cc1ccc(-c2noc(C(F)(F)F)n2)cc1)C(=O)Cc1ccc(C(F)(F)F)cc1. The van der Waals surface area contributed by atoms with Crippen LogP contribution < -0.4 is 0 Å². The van der Waals surface area contributed by atoms with Crippen molar-refractivity contribution in [2.45, 2.75) is 25.3 Å². The van der Waals surface area contributed by atoms with Crippen molar-refractivity contribution in [3.8, 4) is 11.4 Å². The van der Waals surface area contributed by atoms with E-state index >= 15 is 0 Å². The van der Waals surface area contributed by atoms with Gasteiger partial charge in [0.05, 0.1) is 25.6 Å². The van der Waals surface area contributed by atoms with Crippen molar-refractivity contribution >= 4 is 5.91 Å². The number of alkyl halides is 6. The van der Waals surface area contributed by atoms with Crippen molar-refractivity contribution in [1.82, 2.24) is 15.2 Å². The molecule has 12 heteroatoms. The third kappa shape index (κ3) is 5.63. The van der Waals surface area contributed by atoms with Gasteiger partial charge in [-0.25, -0.2) is 5.06 Å². The van der Waals surface area contributed by atoms with Crippen LogP contribution in [0, 0.1) is 0 Å². The van der Waals surface area contributed by atoms with Crippen LogP contribution in [0.4, 0.5) is 26.3 Å². The third-order valence-electron chi connectivity index (χ3n) is 4.34. The predicted octanol–water partition coefficient (Wildman–Crippen LogP) is 4.91. The Balaban J connectivity index is 1.64. The normalized spacial score (nSPS) is 12.1. The van der Waals surface area contributed by atoms with Gasteiger partial charge in [0.1, 0.15) is 0 Å².